The monoisotopic (exact) mass is 1160 g/mol. The summed E-state index contributed by atoms with van der Waals surface area (Å²) >= 11 is 3.84. The zero-order chi connectivity index (χ0) is 49.9. The van der Waals surface area contributed by atoms with Crippen LogP contribution in [0.15, 0.2) is 36.0 Å². The molecular weight excluding hydrogens is 1080 g/mol. The van der Waals surface area contributed by atoms with Crippen molar-refractivity contribution in [2.45, 2.75) is 169 Å². The summed E-state index contributed by atoms with van der Waals surface area (Å²) in [4.78, 5) is 95.4. The molecule has 0 aromatic rings. The fourth-order valence-electron chi connectivity index (χ4n) is 8.83. The number of amides is 1. The van der Waals surface area contributed by atoms with Crippen molar-refractivity contribution in [3.63, 3.8) is 0 Å². The fraction of sp³-hybridized carbons (Fsp3) is 0.735. The third kappa shape index (κ3) is 18.7. The van der Waals surface area contributed by atoms with Gasteiger partial charge >= 0.3 is 17.9 Å². The van der Waals surface area contributed by atoms with Crippen molar-refractivity contribution in [3.8, 4) is 0 Å². The van der Waals surface area contributed by atoms with Gasteiger partial charge in [0.15, 0.2) is 18.0 Å². The van der Waals surface area contributed by atoms with Crippen molar-refractivity contribution in [1.82, 2.24) is 4.90 Å². The fourth-order valence-corrected chi connectivity index (χ4v) is 9.19. The first-order valence-electron chi connectivity index (χ1n) is 23.1. The molecule has 12 atom stereocenters. The highest BCUT2D eigenvalue weighted by molar-refractivity contribution is 14.1. The summed E-state index contributed by atoms with van der Waals surface area (Å²) in [5.74, 6) is -8.37. The lowest BCUT2D eigenvalue weighted by molar-refractivity contribution is -0.212. The number of ether oxygens (including phenoxy) is 6. The molecule has 1 aliphatic carbocycles. The summed E-state index contributed by atoms with van der Waals surface area (Å²) in [5.41, 5.74) is 0.438. The lowest BCUT2D eigenvalue weighted by atomic mass is 9.78. The van der Waals surface area contributed by atoms with E-state index in [2.05, 4.69) is 0 Å². The number of rotatable bonds is 27. The second kappa shape index (κ2) is 29.4. The number of ketones is 3. The Morgan fingerprint density at radius 3 is 2.12 bits per heavy atom. The summed E-state index contributed by atoms with van der Waals surface area (Å²) in [6.07, 6.45) is 8.83. The first kappa shape index (κ1) is 59.5. The van der Waals surface area contributed by atoms with Crippen LogP contribution in [0.2, 0.25) is 0 Å². The van der Waals surface area contributed by atoms with Crippen molar-refractivity contribution < 1.29 is 67.1 Å². The van der Waals surface area contributed by atoms with Crippen LogP contribution in [0, 0.1) is 29.6 Å². The van der Waals surface area contributed by atoms with Crippen LogP contribution in [0.4, 0.5) is 0 Å². The minimum atomic E-state index is -2.42. The van der Waals surface area contributed by atoms with Crippen molar-refractivity contribution in [2.75, 3.05) is 29.6 Å². The molecule has 0 radical (unpaired) electrons. The van der Waals surface area contributed by atoms with Crippen molar-refractivity contribution in [3.05, 3.63) is 36.0 Å². The van der Waals surface area contributed by atoms with Crippen LogP contribution in [0.25, 0.3) is 0 Å². The highest BCUT2D eigenvalue weighted by Crippen LogP contribution is 2.35. The van der Waals surface area contributed by atoms with Crippen molar-refractivity contribution in [1.29, 1.82) is 0 Å². The normalized spacial score (nSPS) is 23.6. The SMILES string of the molecule is C/C=C/C=C/[C@@H](C)C[C@@H](C)C(=O)[C@H](OC)[C@H](OC(=O)CI)/C(C)=C/[C@@H](C)C(=O)C[C@H](OC(=O)[C@@H]1CCCCN1C(=O)C(=O)C(C)(O)OC(C)C)[C@H](C)C[C@@H]1CC[C@@H](OC(=O)CI)[C@H](OC)C1. The van der Waals surface area contributed by atoms with Crippen molar-refractivity contribution >= 4 is 86.3 Å². The Morgan fingerprint density at radius 1 is 0.864 bits per heavy atom. The average molecular weight is 1160 g/mol. The Morgan fingerprint density at radius 2 is 1.53 bits per heavy atom. The maximum Gasteiger partial charge on any atom is 0.329 e. The number of nitrogens with zero attached hydrogens (tertiary/aromatic N) is 1. The number of piperidine rings is 1. The molecular formula is C49H75I2NO14. The number of hydrogen-bond donors (Lipinski definition) is 1. The van der Waals surface area contributed by atoms with Crippen LogP contribution in [0.3, 0.4) is 0 Å². The van der Waals surface area contributed by atoms with Gasteiger partial charge in [-0.1, -0.05) is 103 Å². The maximum absolute atomic E-state index is 14.3. The second-order valence-corrected chi connectivity index (χ2v) is 19.8. The van der Waals surface area contributed by atoms with Gasteiger partial charge < -0.3 is 38.4 Å². The van der Waals surface area contributed by atoms with Gasteiger partial charge in [0.25, 0.3) is 11.7 Å². The number of Topliss-reactive ketones (excluding diaryl/α,β-unsaturated/α-hetero) is 3. The molecule has 2 fully saturated rings. The number of halogens is 2. The van der Waals surface area contributed by atoms with E-state index in [4.69, 9.17) is 28.4 Å². The number of alkyl halides is 2. The molecule has 1 heterocycles. The Balaban J connectivity index is 2.48. The second-order valence-electron chi connectivity index (χ2n) is 18.3. The molecule has 66 heavy (non-hydrogen) atoms. The predicted molar refractivity (Wildman–Crippen MR) is 266 cm³/mol. The topological polar surface area (TPSA) is 198 Å². The van der Waals surface area contributed by atoms with E-state index < -0.39 is 77.8 Å². The van der Waals surface area contributed by atoms with E-state index >= 15 is 0 Å². The van der Waals surface area contributed by atoms with Crippen LogP contribution in [0.1, 0.15) is 120 Å². The zero-order valence-corrected chi connectivity index (χ0v) is 45.1. The van der Waals surface area contributed by atoms with Gasteiger partial charge in [-0.3, -0.25) is 28.8 Å². The first-order valence-corrected chi connectivity index (χ1v) is 26.2. The van der Waals surface area contributed by atoms with Gasteiger partial charge in [0.1, 0.15) is 24.0 Å². The number of methoxy groups -OCH3 is 2. The number of hydrogen-bond acceptors (Lipinski definition) is 14. The number of esters is 3. The molecule has 15 nitrogen and oxygen atoms in total. The molecule has 2 aliphatic rings. The summed E-state index contributed by atoms with van der Waals surface area (Å²) in [7, 11) is 2.96. The molecule has 374 valence electrons. The van der Waals surface area contributed by atoms with Crippen LogP contribution in [-0.2, 0) is 62.0 Å². The molecule has 17 heteroatoms. The average Bonchev–Trinajstić information content (AvgIpc) is 3.27. The Kier molecular flexibility index (Phi) is 26.6. The molecule has 1 amide bonds. The van der Waals surface area contributed by atoms with E-state index in [-0.39, 0.29) is 69.6 Å². The molecule has 0 aromatic heterocycles. The Hall–Kier alpha value is -2.59. The van der Waals surface area contributed by atoms with E-state index in [0.29, 0.717) is 50.5 Å². The quantitative estimate of drug-likeness (QED) is 0.0124. The maximum atomic E-state index is 14.3. The number of carbonyl (C=O) groups excluding carboxylic acids is 7. The van der Waals surface area contributed by atoms with Crippen molar-refractivity contribution in [2.24, 2.45) is 29.6 Å². The standard InChI is InChI=1S/C49H75I2NO14/c1-12-13-14-17-30(4)22-33(7)43(56)45(62-11)44(65-42(55)28-51)34(8)23-31(5)37(53)26-39(32(6)24-35-19-20-38(40(25-35)61-10)63-41(54)27-50)64-48(59)36-18-15-16-21-52(36)47(58)46(57)49(9,60)66-29(2)3/h12-14,17,23,29-33,35-36,38-40,44-45,60H,15-16,18-22,24-28H2,1-11H3/b13-12+,17-14+,34-23+/t30-,31-,32-,33-,35+,36+,38-,39+,40-,44-,45+,49?/m1/s1. The molecule has 0 aromatic carbocycles. The van der Waals surface area contributed by atoms with Gasteiger partial charge in [0.05, 0.1) is 21.1 Å². The van der Waals surface area contributed by atoms with Gasteiger partial charge in [-0.15, -0.1) is 0 Å². The molecule has 2 rings (SSSR count). The molecule has 1 saturated carbocycles. The van der Waals surface area contributed by atoms with Crippen LogP contribution in [0.5, 0.6) is 0 Å². The lowest BCUT2D eigenvalue weighted by Gasteiger charge is -2.38. The van der Waals surface area contributed by atoms with Crippen LogP contribution in [-0.4, -0.2) is 129 Å². The van der Waals surface area contributed by atoms with E-state index in [1.54, 1.807) is 40.9 Å². The Labute approximate surface area is 419 Å². The van der Waals surface area contributed by atoms with E-state index in [0.717, 1.165) is 11.8 Å². The molecule has 1 saturated heterocycles. The number of aliphatic hydroxyl groups is 1. The Bertz CT molecular complexity index is 1730. The van der Waals surface area contributed by atoms with Gasteiger partial charge in [-0.2, -0.15) is 0 Å². The highest BCUT2D eigenvalue weighted by Gasteiger charge is 2.45. The summed E-state index contributed by atoms with van der Waals surface area (Å²) < 4.78 is 34.8. The zero-order valence-electron chi connectivity index (χ0n) is 40.8. The minimum absolute atomic E-state index is 0.0213. The van der Waals surface area contributed by atoms with E-state index in [9.17, 15) is 38.7 Å². The summed E-state index contributed by atoms with van der Waals surface area (Å²) in [5, 5.41) is 10.8. The number of likely N-dealkylation sites (tertiary alicyclic amines) is 1. The van der Waals surface area contributed by atoms with Gasteiger partial charge in [-0.05, 0) is 109 Å². The molecule has 0 spiro atoms. The molecule has 0 bridgehead atoms. The number of allylic oxidation sites excluding steroid dienone is 5. The van der Waals surface area contributed by atoms with Crippen LogP contribution >= 0.6 is 45.2 Å². The van der Waals surface area contributed by atoms with Gasteiger partial charge in [0.2, 0.25) is 5.79 Å². The third-order valence-corrected chi connectivity index (χ3v) is 13.5. The first-order chi connectivity index (χ1) is 31.0. The smallest absolute Gasteiger partial charge is 0.329 e. The third-order valence-electron chi connectivity index (χ3n) is 12.3. The lowest BCUT2D eigenvalue weighted by Crippen LogP contribution is -2.56. The molecule has 1 N–H and O–H groups in total. The predicted octanol–water partition coefficient (Wildman–Crippen LogP) is 7.44. The van der Waals surface area contributed by atoms with E-state index in [1.807, 2.05) is 97.2 Å². The number of carbonyl (C=O) groups is 7. The molecule has 1 unspecified atom stereocenters. The summed E-state index contributed by atoms with van der Waals surface area (Å²) in [6, 6.07) is -1.15. The minimum Gasteiger partial charge on any atom is -0.460 e. The van der Waals surface area contributed by atoms with Gasteiger partial charge in [0, 0.05) is 39.0 Å². The highest BCUT2D eigenvalue weighted by atomic mass is 127. The van der Waals surface area contributed by atoms with Gasteiger partial charge in [-0.25, -0.2) is 4.79 Å². The largest absolute Gasteiger partial charge is 0.460 e. The van der Waals surface area contributed by atoms with E-state index in [1.165, 1.54) is 7.11 Å². The van der Waals surface area contributed by atoms with Crippen LogP contribution < -0.4 is 0 Å². The summed E-state index contributed by atoms with van der Waals surface area (Å²) in [6.45, 7) is 15.4. The molecule has 1 aliphatic heterocycles.